The molecule has 0 fully saturated rings. The minimum absolute atomic E-state index is 0.0194. The number of nitro benzene ring substituents is 1. The van der Waals surface area contributed by atoms with Gasteiger partial charge in [0.15, 0.2) is 5.82 Å². The van der Waals surface area contributed by atoms with Crippen LogP contribution in [-0.4, -0.2) is 20.6 Å². The van der Waals surface area contributed by atoms with Crippen LogP contribution in [0.3, 0.4) is 0 Å². The molecule has 0 aliphatic heterocycles. The average Bonchev–Trinajstić information content (AvgIpc) is 3.04. The maximum absolute atomic E-state index is 12.3. The predicted molar refractivity (Wildman–Crippen MR) is 98.6 cm³/mol. The lowest BCUT2D eigenvalue weighted by molar-refractivity contribution is -0.384. The Bertz CT molecular complexity index is 984. The van der Waals surface area contributed by atoms with E-state index in [9.17, 15) is 14.9 Å². The summed E-state index contributed by atoms with van der Waals surface area (Å²) in [4.78, 5) is 22.6. The third-order valence-electron chi connectivity index (χ3n) is 3.88. The topological polar surface area (TPSA) is 90.1 Å². The third kappa shape index (κ3) is 3.89. The summed E-state index contributed by atoms with van der Waals surface area (Å²) in [7, 11) is 0. The first-order chi connectivity index (χ1) is 12.4. The summed E-state index contributed by atoms with van der Waals surface area (Å²) < 4.78 is 1.71. The van der Waals surface area contributed by atoms with Crippen molar-refractivity contribution in [2.24, 2.45) is 0 Å². The monoisotopic (exact) mass is 370 g/mol. The van der Waals surface area contributed by atoms with Crippen LogP contribution >= 0.6 is 11.6 Å². The number of nitrogens with zero attached hydrogens (tertiary/aromatic N) is 3. The van der Waals surface area contributed by atoms with E-state index >= 15 is 0 Å². The molecule has 1 N–H and O–H groups in total. The van der Waals surface area contributed by atoms with Gasteiger partial charge in [0.05, 0.1) is 11.5 Å². The predicted octanol–water partition coefficient (Wildman–Crippen LogP) is 4.05. The maximum Gasteiger partial charge on any atom is 0.288 e. The number of carbonyl (C=O) groups is 1. The molecule has 132 valence electrons. The van der Waals surface area contributed by atoms with Crippen LogP contribution in [0.2, 0.25) is 5.02 Å². The second-order valence-electron chi connectivity index (χ2n) is 5.70. The number of amides is 1. The van der Waals surface area contributed by atoms with E-state index in [0.29, 0.717) is 12.4 Å². The van der Waals surface area contributed by atoms with Crippen LogP contribution in [0.4, 0.5) is 11.5 Å². The average molecular weight is 371 g/mol. The molecule has 7 nitrogen and oxygen atoms in total. The van der Waals surface area contributed by atoms with Gasteiger partial charge in [0.1, 0.15) is 5.02 Å². The van der Waals surface area contributed by atoms with E-state index in [1.165, 1.54) is 12.1 Å². The number of anilines is 1. The highest BCUT2D eigenvalue weighted by atomic mass is 35.5. The van der Waals surface area contributed by atoms with Crippen LogP contribution in [0.1, 0.15) is 21.5 Å². The first kappa shape index (κ1) is 17.6. The summed E-state index contributed by atoms with van der Waals surface area (Å²) in [5.41, 5.74) is 2.10. The zero-order chi connectivity index (χ0) is 18.7. The fourth-order valence-electron chi connectivity index (χ4n) is 2.46. The van der Waals surface area contributed by atoms with Crippen molar-refractivity contribution in [1.82, 2.24) is 9.78 Å². The number of hydrogen-bond donors (Lipinski definition) is 1. The number of aromatic nitrogens is 2. The molecule has 0 aliphatic rings. The second-order valence-corrected chi connectivity index (χ2v) is 6.11. The minimum Gasteiger partial charge on any atom is -0.305 e. The summed E-state index contributed by atoms with van der Waals surface area (Å²) in [6.07, 6.45) is 1.76. The zero-order valence-corrected chi connectivity index (χ0v) is 14.6. The van der Waals surface area contributed by atoms with Crippen LogP contribution in [0.15, 0.2) is 54.7 Å². The maximum atomic E-state index is 12.3. The Morgan fingerprint density at radius 1 is 1.27 bits per heavy atom. The smallest absolute Gasteiger partial charge is 0.288 e. The van der Waals surface area contributed by atoms with Crippen molar-refractivity contribution in [3.63, 3.8) is 0 Å². The van der Waals surface area contributed by atoms with E-state index in [-0.39, 0.29) is 16.3 Å². The van der Waals surface area contributed by atoms with Gasteiger partial charge >= 0.3 is 0 Å². The van der Waals surface area contributed by atoms with Crippen molar-refractivity contribution in [2.45, 2.75) is 13.5 Å². The van der Waals surface area contributed by atoms with Crippen LogP contribution < -0.4 is 5.32 Å². The van der Waals surface area contributed by atoms with Gasteiger partial charge in [0, 0.05) is 23.9 Å². The van der Waals surface area contributed by atoms with Gasteiger partial charge < -0.3 is 5.32 Å². The number of rotatable bonds is 5. The highest BCUT2D eigenvalue weighted by molar-refractivity contribution is 6.32. The Balaban J connectivity index is 1.73. The lowest BCUT2D eigenvalue weighted by Gasteiger charge is -2.06. The minimum atomic E-state index is -0.629. The van der Waals surface area contributed by atoms with E-state index in [2.05, 4.69) is 10.4 Å². The zero-order valence-electron chi connectivity index (χ0n) is 13.8. The van der Waals surface area contributed by atoms with Gasteiger partial charge in [-0.25, -0.2) is 0 Å². The third-order valence-corrected chi connectivity index (χ3v) is 4.20. The van der Waals surface area contributed by atoms with Crippen LogP contribution in [-0.2, 0) is 6.54 Å². The largest absolute Gasteiger partial charge is 0.305 e. The lowest BCUT2D eigenvalue weighted by atomic mass is 10.1. The van der Waals surface area contributed by atoms with Gasteiger partial charge in [0.25, 0.3) is 11.6 Å². The summed E-state index contributed by atoms with van der Waals surface area (Å²) in [5.74, 6) is -0.132. The molecule has 1 aromatic heterocycles. The van der Waals surface area contributed by atoms with Crippen molar-refractivity contribution in [3.8, 4) is 0 Å². The van der Waals surface area contributed by atoms with Gasteiger partial charge in [-0.3, -0.25) is 19.6 Å². The fourth-order valence-corrected chi connectivity index (χ4v) is 2.65. The number of halogens is 1. The van der Waals surface area contributed by atoms with Crippen LogP contribution in [0.5, 0.6) is 0 Å². The molecule has 1 amide bonds. The first-order valence-electron chi connectivity index (χ1n) is 7.77. The molecule has 0 bridgehead atoms. The molecular formula is C18H15ClN4O3. The van der Waals surface area contributed by atoms with Crippen LogP contribution in [0, 0.1) is 17.0 Å². The molecule has 0 unspecified atom stereocenters. The highest BCUT2D eigenvalue weighted by Crippen LogP contribution is 2.25. The van der Waals surface area contributed by atoms with Crippen molar-refractivity contribution in [3.05, 3.63) is 86.6 Å². The molecule has 0 atom stereocenters. The quantitative estimate of drug-likeness (QED) is 0.541. The SMILES string of the molecule is Cc1ccccc1Cn1ccc(NC(=O)c2ccc(Cl)c([N+](=O)[O-])c2)n1. The van der Waals surface area contributed by atoms with E-state index in [4.69, 9.17) is 11.6 Å². The van der Waals surface area contributed by atoms with Gasteiger partial charge in [0.2, 0.25) is 0 Å². The number of carbonyl (C=O) groups excluding carboxylic acids is 1. The Labute approximate surface area is 154 Å². The normalized spacial score (nSPS) is 10.5. The number of hydrogen-bond acceptors (Lipinski definition) is 4. The molecule has 8 heteroatoms. The van der Waals surface area contributed by atoms with Crippen molar-refractivity contribution < 1.29 is 9.72 Å². The van der Waals surface area contributed by atoms with E-state index in [0.717, 1.165) is 17.2 Å². The molecule has 0 spiro atoms. The van der Waals surface area contributed by atoms with E-state index in [1.807, 2.05) is 31.2 Å². The molecular weight excluding hydrogens is 356 g/mol. The Morgan fingerprint density at radius 3 is 2.77 bits per heavy atom. The standard InChI is InChI=1S/C18H15ClN4O3/c1-12-4-2-3-5-14(12)11-22-9-8-17(21-22)20-18(24)13-6-7-15(19)16(10-13)23(25)26/h2-10H,11H2,1H3,(H,20,21,24). The molecule has 3 aromatic rings. The van der Waals surface area contributed by atoms with Gasteiger partial charge in [-0.05, 0) is 30.2 Å². The number of nitro groups is 1. The number of nitrogens with one attached hydrogen (secondary N) is 1. The van der Waals surface area contributed by atoms with Gasteiger partial charge in [-0.1, -0.05) is 35.9 Å². The molecule has 2 aromatic carbocycles. The van der Waals surface area contributed by atoms with Gasteiger partial charge in [-0.2, -0.15) is 5.10 Å². The number of benzene rings is 2. The van der Waals surface area contributed by atoms with Crippen molar-refractivity contribution in [2.75, 3.05) is 5.32 Å². The van der Waals surface area contributed by atoms with Crippen LogP contribution in [0.25, 0.3) is 0 Å². The number of aryl methyl sites for hydroxylation is 1. The Morgan fingerprint density at radius 2 is 2.04 bits per heavy atom. The first-order valence-corrected chi connectivity index (χ1v) is 8.15. The molecule has 1 heterocycles. The Hall–Kier alpha value is -3.19. The van der Waals surface area contributed by atoms with Crippen molar-refractivity contribution >= 4 is 29.0 Å². The lowest BCUT2D eigenvalue weighted by Crippen LogP contribution is -2.13. The Kier molecular flexibility index (Phi) is 4.99. The summed E-state index contributed by atoms with van der Waals surface area (Å²) >= 11 is 5.76. The summed E-state index contributed by atoms with van der Waals surface area (Å²) in [5, 5.41) is 17.9. The van der Waals surface area contributed by atoms with Gasteiger partial charge in [-0.15, -0.1) is 0 Å². The van der Waals surface area contributed by atoms with E-state index < -0.39 is 10.8 Å². The van der Waals surface area contributed by atoms with Crippen molar-refractivity contribution in [1.29, 1.82) is 0 Å². The highest BCUT2D eigenvalue weighted by Gasteiger charge is 2.17. The fraction of sp³-hybridized carbons (Fsp3) is 0.111. The molecule has 0 aliphatic carbocycles. The molecule has 3 rings (SSSR count). The summed E-state index contributed by atoms with van der Waals surface area (Å²) in [6, 6.07) is 13.5. The molecule has 26 heavy (non-hydrogen) atoms. The summed E-state index contributed by atoms with van der Waals surface area (Å²) in [6.45, 7) is 2.60. The molecule has 0 saturated carbocycles. The molecule has 0 radical (unpaired) electrons. The molecule has 0 saturated heterocycles. The van der Waals surface area contributed by atoms with E-state index in [1.54, 1.807) is 16.9 Å². The second kappa shape index (κ2) is 7.37.